The molecule has 1 aliphatic carbocycles. The van der Waals surface area contributed by atoms with E-state index in [2.05, 4.69) is 22.2 Å². The van der Waals surface area contributed by atoms with Crippen molar-refractivity contribution in [1.82, 2.24) is 9.97 Å². The van der Waals surface area contributed by atoms with E-state index in [-0.39, 0.29) is 0 Å². The van der Waals surface area contributed by atoms with Gasteiger partial charge in [0.05, 0.1) is 0 Å². The van der Waals surface area contributed by atoms with E-state index in [9.17, 15) is 0 Å². The molecule has 0 aliphatic heterocycles. The summed E-state index contributed by atoms with van der Waals surface area (Å²) in [5.74, 6) is 1.89. The molecule has 14 heavy (non-hydrogen) atoms. The van der Waals surface area contributed by atoms with Gasteiger partial charge in [0, 0.05) is 12.2 Å². The first-order valence-electron chi connectivity index (χ1n) is 5.11. The number of hydrogen-bond acceptors (Lipinski definition) is 4. The van der Waals surface area contributed by atoms with Crippen molar-refractivity contribution in [3.8, 4) is 0 Å². The second-order valence-electron chi connectivity index (χ2n) is 3.96. The Morgan fingerprint density at radius 1 is 1.50 bits per heavy atom. The fourth-order valence-corrected chi connectivity index (χ4v) is 1.97. The van der Waals surface area contributed by atoms with Crippen molar-refractivity contribution in [2.24, 2.45) is 5.92 Å². The first-order chi connectivity index (χ1) is 6.75. The van der Waals surface area contributed by atoms with E-state index in [4.69, 9.17) is 5.73 Å². The minimum absolute atomic E-state index is 0.511. The maximum Gasteiger partial charge on any atom is 0.224 e. The summed E-state index contributed by atoms with van der Waals surface area (Å²) >= 11 is 0. The molecule has 0 bridgehead atoms. The lowest BCUT2D eigenvalue weighted by atomic mass is 10.1. The van der Waals surface area contributed by atoms with Gasteiger partial charge >= 0.3 is 0 Å². The van der Waals surface area contributed by atoms with Gasteiger partial charge in [-0.2, -0.15) is 4.98 Å². The predicted molar refractivity (Wildman–Crippen MR) is 56.9 cm³/mol. The van der Waals surface area contributed by atoms with E-state index in [1.54, 1.807) is 12.3 Å². The normalized spacial score (nSPS) is 26.4. The lowest BCUT2D eigenvalue weighted by Crippen LogP contribution is -2.23. The Balaban J connectivity index is 2.03. The van der Waals surface area contributed by atoms with E-state index in [0.29, 0.717) is 23.7 Å². The third kappa shape index (κ3) is 1.95. The third-order valence-electron chi connectivity index (χ3n) is 2.85. The summed E-state index contributed by atoms with van der Waals surface area (Å²) in [6.07, 6.45) is 5.48. The Morgan fingerprint density at radius 3 is 3.00 bits per heavy atom. The Morgan fingerprint density at radius 2 is 2.36 bits per heavy atom. The highest BCUT2D eigenvalue weighted by molar-refractivity contribution is 5.35. The lowest BCUT2D eigenvalue weighted by molar-refractivity contribution is 0.553. The van der Waals surface area contributed by atoms with Crippen LogP contribution in [0, 0.1) is 5.92 Å². The molecule has 1 heterocycles. The molecular weight excluding hydrogens is 176 g/mol. The van der Waals surface area contributed by atoms with Gasteiger partial charge in [0.2, 0.25) is 5.95 Å². The van der Waals surface area contributed by atoms with Crippen LogP contribution < -0.4 is 11.1 Å². The van der Waals surface area contributed by atoms with Crippen molar-refractivity contribution in [3.63, 3.8) is 0 Å². The molecule has 2 rings (SSSR count). The maximum absolute atomic E-state index is 5.58. The Hall–Kier alpha value is -1.32. The van der Waals surface area contributed by atoms with Crippen molar-refractivity contribution >= 4 is 11.8 Å². The number of rotatable bonds is 2. The molecule has 3 N–H and O–H groups in total. The molecule has 1 fully saturated rings. The second kappa shape index (κ2) is 3.82. The van der Waals surface area contributed by atoms with Gasteiger partial charge in [0.15, 0.2) is 0 Å². The maximum atomic E-state index is 5.58. The summed E-state index contributed by atoms with van der Waals surface area (Å²) in [4.78, 5) is 8.26. The first kappa shape index (κ1) is 9.24. The van der Waals surface area contributed by atoms with Gasteiger partial charge in [-0.3, -0.25) is 0 Å². The van der Waals surface area contributed by atoms with E-state index < -0.39 is 0 Å². The molecule has 0 amide bonds. The monoisotopic (exact) mass is 192 g/mol. The molecule has 4 nitrogen and oxygen atoms in total. The minimum Gasteiger partial charge on any atom is -0.384 e. The van der Waals surface area contributed by atoms with Crippen molar-refractivity contribution < 1.29 is 0 Å². The minimum atomic E-state index is 0.511. The molecule has 1 aromatic heterocycles. The average molecular weight is 192 g/mol. The van der Waals surface area contributed by atoms with E-state index in [1.807, 2.05) is 0 Å². The molecule has 2 unspecified atom stereocenters. The topological polar surface area (TPSA) is 63.8 Å². The number of nitrogens with zero attached hydrogens (tertiary/aromatic N) is 2. The second-order valence-corrected chi connectivity index (χ2v) is 3.96. The molecular formula is C10H16N4. The predicted octanol–water partition coefficient (Wildman–Crippen LogP) is 1.66. The number of anilines is 2. The number of nitrogen functional groups attached to an aromatic ring is 1. The summed E-state index contributed by atoms with van der Waals surface area (Å²) in [7, 11) is 0. The van der Waals surface area contributed by atoms with Gasteiger partial charge in [0.25, 0.3) is 0 Å². The van der Waals surface area contributed by atoms with E-state index >= 15 is 0 Å². The summed E-state index contributed by atoms with van der Waals surface area (Å²) in [5.41, 5.74) is 5.58. The largest absolute Gasteiger partial charge is 0.384 e. The Bertz CT molecular complexity index is 313. The fourth-order valence-electron chi connectivity index (χ4n) is 1.97. The molecule has 4 heteroatoms. The number of nitrogens with one attached hydrogen (secondary N) is 1. The lowest BCUT2D eigenvalue weighted by Gasteiger charge is -2.16. The van der Waals surface area contributed by atoms with Crippen LogP contribution in [0.3, 0.4) is 0 Å². The number of nitrogens with two attached hydrogens (primary N) is 1. The van der Waals surface area contributed by atoms with Crippen LogP contribution in [-0.4, -0.2) is 16.0 Å². The van der Waals surface area contributed by atoms with Crippen LogP contribution in [-0.2, 0) is 0 Å². The van der Waals surface area contributed by atoms with Gasteiger partial charge in [-0.25, -0.2) is 4.98 Å². The third-order valence-corrected chi connectivity index (χ3v) is 2.85. The molecule has 0 saturated heterocycles. The van der Waals surface area contributed by atoms with Crippen LogP contribution >= 0.6 is 0 Å². The summed E-state index contributed by atoms with van der Waals surface area (Å²) < 4.78 is 0. The standard InChI is InChI=1S/C10H16N4/c1-7-3-2-4-8(7)13-10-12-6-5-9(11)14-10/h5-8H,2-4H2,1H3,(H3,11,12,13,14). The fraction of sp³-hybridized carbons (Fsp3) is 0.600. The molecule has 0 radical (unpaired) electrons. The van der Waals surface area contributed by atoms with Gasteiger partial charge in [-0.05, 0) is 24.8 Å². The van der Waals surface area contributed by atoms with Gasteiger partial charge in [-0.15, -0.1) is 0 Å². The molecule has 0 aromatic carbocycles. The quantitative estimate of drug-likeness (QED) is 0.748. The highest BCUT2D eigenvalue weighted by atomic mass is 15.1. The zero-order chi connectivity index (χ0) is 9.97. The van der Waals surface area contributed by atoms with Crippen LogP contribution in [0.5, 0.6) is 0 Å². The first-order valence-corrected chi connectivity index (χ1v) is 5.11. The number of hydrogen-bond donors (Lipinski definition) is 2. The van der Waals surface area contributed by atoms with Crippen LogP contribution in [0.4, 0.5) is 11.8 Å². The highest BCUT2D eigenvalue weighted by Gasteiger charge is 2.23. The van der Waals surface area contributed by atoms with E-state index in [0.717, 1.165) is 0 Å². The molecule has 1 aromatic rings. The summed E-state index contributed by atoms with van der Waals surface area (Å²) in [6.45, 7) is 2.26. The van der Waals surface area contributed by atoms with Gasteiger partial charge in [0.1, 0.15) is 5.82 Å². The number of aromatic nitrogens is 2. The SMILES string of the molecule is CC1CCCC1Nc1nccc(N)n1. The Labute approximate surface area is 83.9 Å². The average Bonchev–Trinajstić information content (AvgIpc) is 2.52. The molecule has 2 atom stereocenters. The van der Waals surface area contributed by atoms with Crippen LogP contribution in [0.25, 0.3) is 0 Å². The molecule has 0 spiro atoms. The highest BCUT2D eigenvalue weighted by Crippen LogP contribution is 2.26. The summed E-state index contributed by atoms with van der Waals surface area (Å²) in [5, 5.41) is 3.33. The zero-order valence-corrected chi connectivity index (χ0v) is 8.40. The van der Waals surface area contributed by atoms with Crippen molar-refractivity contribution in [3.05, 3.63) is 12.3 Å². The van der Waals surface area contributed by atoms with Gasteiger partial charge < -0.3 is 11.1 Å². The van der Waals surface area contributed by atoms with Crippen molar-refractivity contribution in [2.45, 2.75) is 32.2 Å². The van der Waals surface area contributed by atoms with Crippen LogP contribution in [0.2, 0.25) is 0 Å². The van der Waals surface area contributed by atoms with E-state index in [1.165, 1.54) is 19.3 Å². The molecule has 76 valence electrons. The van der Waals surface area contributed by atoms with Crippen LogP contribution in [0.1, 0.15) is 26.2 Å². The smallest absolute Gasteiger partial charge is 0.224 e. The van der Waals surface area contributed by atoms with Gasteiger partial charge in [-0.1, -0.05) is 13.3 Å². The Kier molecular flexibility index (Phi) is 2.52. The van der Waals surface area contributed by atoms with Crippen molar-refractivity contribution in [1.29, 1.82) is 0 Å². The summed E-state index contributed by atoms with van der Waals surface area (Å²) in [6, 6.07) is 2.21. The van der Waals surface area contributed by atoms with Crippen molar-refractivity contribution in [2.75, 3.05) is 11.1 Å². The molecule has 1 saturated carbocycles. The zero-order valence-electron chi connectivity index (χ0n) is 8.40. The molecule has 1 aliphatic rings. The van der Waals surface area contributed by atoms with Crippen LogP contribution in [0.15, 0.2) is 12.3 Å².